The third-order valence-electron chi connectivity index (χ3n) is 15.0. The van der Waals surface area contributed by atoms with Gasteiger partial charge in [-0.25, -0.2) is 0 Å². The number of methoxy groups -OCH3 is 2. The Morgan fingerprint density at radius 1 is 0.819 bits per heavy atom. The SMILES string of the molecule is CON=C1C[C@@H](C)O[C@@H](O[C@@H]2[C@@H](C)[C@H](O[C@H]3CC(C)N(C)C[C@H](C)O3)[C@@H](C)C(=O)O[C@H]([C@@H](C)CO[C@@H]3O[C@H](C)[C@@H](O)[C@@H](OC)[C@H]3OC)[C@H](C)[C@@H](OC(=O)CC(C)C)[C@@H](C)C(=O)[C@@](C)(OC(C)=O)C[C@@H]2C)[C@@H]1O. The minimum absolute atomic E-state index is 0.0291. The van der Waals surface area contributed by atoms with Crippen molar-refractivity contribution in [1.82, 2.24) is 4.90 Å². The van der Waals surface area contributed by atoms with E-state index in [4.69, 9.17) is 56.9 Å². The number of aliphatic hydroxyl groups is 2. The maximum absolute atomic E-state index is 15.4. The number of hydrogen-bond donors (Lipinski definition) is 2. The average molecular weight is 1030 g/mol. The lowest BCUT2D eigenvalue weighted by Crippen LogP contribution is -2.59. The predicted octanol–water partition coefficient (Wildman–Crippen LogP) is 4.84. The number of cyclic esters (lactones) is 1. The van der Waals surface area contributed by atoms with Crippen LogP contribution in [0.15, 0.2) is 5.16 Å². The van der Waals surface area contributed by atoms with Gasteiger partial charge in [0.25, 0.3) is 0 Å². The van der Waals surface area contributed by atoms with E-state index >= 15 is 9.59 Å². The molecule has 72 heavy (non-hydrogen) atoms. The molecule has 4 rings (SSSR count). The highest BCUT2D eigenvalue weighted by Gasteiger charge is 2.52. The van der Waals surface area contributed by atoms with Crippen LogP contribution in [0.1, 0.15) is 123 Å². The Labute approximate surface area is 428 Å². The molecular weight excluding hydrogens is 941 g/mol. The second-order valence-electron chi connectivity index (χ2n) is 21.9. The largest absolute Gasteiger partial charge is 0.461 e. The fraction of sp³-hybridized carbons (Fsp3) is 0.904. The Morgan fingerprint density at radius 3 is 2.07 bits per heavy atom. The van der Waals surface area contributed by atoms with E-state index in [1.165, 1.54) is 35.2 Å². The molecule has 0 aromatic rings. The molecule has 0 radical (unpaired) electrons. The zero-order valence-electron chi connectivity index (χ0n) is 46.3. The molecule has 0 aromatic heterocycles. The molecular formula is C52H90N2O18. The number of nitrogens with zero attached hydrogens (tertiary/aromatic N) is 2. The van der Waals surface area contributed by atoms with Gasteiger partial charge in [0, 0.05) is 70.7 Å². The Bertz CT molecular complexity index is 1790. The molecule has 4 aliphatic rings. The zero-order valence-corrected chi connectivity index (χ0v) is 46.3. The van der Waals surface area contributed by atoms with Crippen LogP contribution in [0.5, 0.6) is 0 Å². The number of likely N-dealkylation sites (N-methyl/N-ethyl adjacent to an activating group) is 1. The van der Waals surface area contributed by atoms with Crippen LogP contribution >= 0.6 is 0 Å². The van der Waals surface area contributed by atoms with E-state index in [1.54, 1.807) is 34.6 Å². The van der Waals surface area contributed by atoms with Gasteiger partial charge in [0.1, 0.15) is 43.7 Å². The third kappa shape index (κ3) is 15.6. The molecule has 20 nitrogen and oxygen atoms in total. The summed E-state index contributed by atoms with van der Waals surface area (Å²) in [6.45, 7) is 25.1. The van der Waals surface area contributed by atoms with Crippen molar-refractivity contribution in [3.05, 3.63) is 0 Å². The first-order valence-corrected chi connectivity index (χ1v) is 25.9. The number of oxime groups is 1. The van der Waals surface area contributed by atoms with Gasteiger partial charge < -0.3 is 72.1 Å². The van der Waals surface area contributed by atoms with Crippen molar-refractivity contribution in [2.45, 2.75) is 220 Å². The van der Waals surface area contributed by atoms with E-state index in [0.29, 0.717) is 18.7 Å². The summed E-state index contributed by atoms with van der Waals surface area (Å²) in [5.74, 6) is -7.76. The summed E-state index contributed by atoms with van der Waals surface area (Å²) >= 11 is 0. The normalized spacial score (nSPS) is 42.3. The number of carbonyl (C=O) groups is 4. The van der Waals surface area contributed by atoms with Crippen LogP contribution in [0.25, 0.3) is 0 Å². The number of rotatable bonds is 15. The molecule has 4 heterocycles. The van der Waals surface area contributed by atoms with Gasteiger partial charge in [-0.05, 0) is 66.8 Å². The van der Waals surface area contributed by atoms with E-state index in [2.05, 4.69) is 17.0 Å². The van der Waals surface area contributed by atoms with Crippen molar-refractivity contribution in [2.24, 2.45) is 46.6 Å². The van der Waals surface area contributed by atoms with Crippen molar-refractivity contribution < 1.29 is 86.3 Å². The molecule has 416 valence electrons. The van der Waals surface area contributed by atoms with Gasteiger partial charge in [-0.2, -0.15) is 0 Å². The molecule has 4 aliphatic heterocycles. The fourth-order valence-electron chi connectivity index (χ4n) is 11.1. The third-order valence-corrected chi connectivity index (χ3v) is 15.0. The molecule has 0 aromatic carbocycles. The van der Waals surface area contributed by atoms with Crippen molar-refractivity contribution in [1.29, 1.82) is 0 Å². The molecule has 0 bridgehead atoms. The summed E-state index contributed by atoms with van der Waals surface area (Å²) in [6, 6.07) is 0.0305. The molecule has 2 N–H and O–H groups in total. The van der Waals surface area contributed by atoms with Crippen LogP contribution in [0.4, 0.5) is 0 Å². The first-order valence-electron chi connectivity index (χ1n) is 25.9. The van der Waals surface area contributed by atoms with Crippen LogP contribution in [0.3, 0.4) is 0 Å². The minimum atomic E-state index is -1.84. The number of carbonyl (C=O) groups excluding carboxylic acids is 4. The van der Waals surface area contributed by atoms with Gasteiger partial charge in [0.15, 0.2) is 30.3 Å². The van der Waals surface area contributed by atoms with Gasteiger partial charge in [0.2, 0.25) is 0 Å². The maximum Gasteiger partial charge on any atom is 0.311 e. The van der Waals surface area contributed by atoms with Crippen LogP contribution < -0.4 is 0 Å². The fourth-order valence-corrected chi connectivity index (χ4v) is 11.1. The predicted molar refractivity (Wildman–Crippen MR) is 262 cm³/mol. The summed E-state index contributed by atoms with van der Waals surface area (Å²) < 4.78 is 69.5. The Hall–Kier alpha value is -2.89. The number of esters is 3. The molecule has 0 aliphatic carbocycles. The van der Waals surface area contributed by atoms with Crippen LogP contribution in [-0.2, 0) is 76.1 Å². The topological polar surface area (TPSA) is 235 Å². The van der Waals surface area contributed by atoms with Crippen molar-refractivity contribution in [3.63, 3.8) is 0 Å². The highest BCUT2D eigenvalue weighted by Crippen LogP contribution is 2.40. The van der Waals surface area contributed by atoms with Crippen molar-refractivity contribution in [3.8, 4) is 0 Å². The smallest absolute Gasteiger partial charge is 0.311 e. The summed E-state index contributed by atoms with van der Waals surface area (Å²) in [7, 11) is 6.30. The van der Waals surface area contributed by atoms with E-state index < -0.39 is 145 Å². The summed E-state index contributed by atoms with van der Waals surface area (Å²) in [4.78, 5) is 64.8. The molecule has 4 saturated heterocycles. The van der Waals surface area contributed by atoms with Gasteiger partial charge in [-0.15, -0.1) is 0 Å². The molecule has 0 spiro atoms. The standard InChI is InChI=1S/C52H90N2O18/c1-25(2)19-38(56)68-44-32(9)43(27(4)24-64-51-47(62-17)46(61-16)40(57)35(12)67-51)70-49(60)34(11)45(69-39-20-28(5)54(15)23-30(7)65-39)31(8)42(71-50-41(58)37(53-63-18)21-29(6)66-50)26(3)22-52(14,72-36(13)55)48(59)33(44)10/h25-35,39-47,50-51,57-58H,19-24H2,1-18H3/t26-,27-,28?,29+,30-,31+,32-,33+,34+,35+,39-,40+,41+,42-,43+,44+,45-,46+,47+,50-,51+,52-/m0/s1. The monoisotopic (exact) mass is 1030 g/mol. The highest BCUT2D eigenvalue weighted by molar-refractivity contribution is 5.91. The summed E-state index contributed by atoms with van der Waals surface area (Å²) in [5.41, 5.74) is -1.54. The van der Waals surface area contributed by atoms with Crippen LogP contribution in [0.2, 0.25) is 0 Å². The summed E-state index contributed by atoms with van der Waals surface area (Å²) in [5, 5.41) is 26.6. The first-order chi connectivity index (χ1) is 33.7. The number of aliphatic hydroxyl groups excluding tert-OH is 2. The Morgan fingerprint density at radius 2 is 1.47 bits per heavy atom. The molecule has 0 amide bonds. The van der Waals surface area contributed by atoms with Crippen LogP contribution in [0, 0.1) is 41.4 Å². The van der Waals surface area contributed by atoms with Crippen molar-refractivity contribution >= 4 is 29.4 Å². The van der Waals surface area contributed by atoms with E-state index in [0.717, 1.165) is 0 Å². The molecule has 0 saturated carbocycles. The number of ketones is 1. The molecule has 20 heteroatoms. The second kappa shape index (κ2) is 27.2. The molecule has 22 atom stereocenters. The second-order valence-corrected chi connectivity index (χ2v) is 21.9. The van der Waals surface area contributed by atoms with E-state index in [1.807, 2.05) is 48.6 Å². The highest BCUT2D eigenvalue weighted by atomic mass is 16.7. The lowest BCUT2D eigenvalue weighted by Gasteiger charge is -2.45. The number of Topliss-reactive ketones (excluding diaryl/α,β-unsaturated/α-hetero) is 1. The summed E-state index contributed by atoms with van der Waals surface area (Å²) in [6.07, 6.45) is -12.2. The first kappa shape index (κ1) is 61.7. The van der Waals surface area contributed by atoms with Gasteiger partial charge in [-0.3, -0.25) is 19.2 Å². The molecule has 1 unspecified atom stereocenters. The molecule has 4 fully saturated rings. The van der Waals surface area contributed by atoms with Gasteiger partial charge in [-0.1, -0.05) is 53.6 Å². The van der Waals surface area contributed by atoms with Gasteiger partial charge in [0.05, 0.1) is 54.7 Å². The Kier molecular flexibility index (Phi) is 23.3. The minimum Gasteiger partial charge on any atom is -0.461 e. The van der Waals surface area contributed by atoms with Crippen LogP contribution in [-0.4, -0.2) is 184 Å². The van der Waals surface area contributed by atoms with Gasteiger partial charge >= 0.3 is 17.9 Å². The van der Waals surface area contributed by atoms with E-state index in [-0.39, 0.29) is 43.9 Å². The lowest BCUT2D eigenvalue weighted by molar-refractivity contribution is -0.305. The zero-order chi connectivity index (χ0) is 54.1. The average Bonchev–Trinajstić information content (AvgIpc) is 3.42. The Balaban J connectivity index is 1.94. The number of hydrogen-bond acceptors (Lipinski definition) is 20. The lowest BCUT2D eigenvalue weighted by atomic mass is 9.74. The number of ether oxygens (including phenoxy) is 11. The van der Waals surface area contributed by atoms with E-state index in [9.17, 15) is 19.8 Å². The quantitative estimate of drug-likeness (QED) is 0.127. The van der Waals surface area contributed by atoms with Crippen molar-refractivity contribution in [2.75, 3.05) is 41.5 Å². The maximum atomic E-state index is 15.4.